The average Bonchev–Trinajstić information content (AvgIpc) is 2.68. The number of nitrogens with zero attached hydrogens (tertiary/aromatic N) is 3. The summed E-state index contributed by atoms with van der Waals surface area (Å²) in [5.41, 5.74) is 1.45. The van der Waals surface area contributed by atoms with Crippen LogP contribution in [0.2, 0.25) is 0 Å². The summed E-state index contributed by atoms with van der Waals surface area (Å²) >= 11 is 0. The zero-order valence-electron chi connectivity index (χ0n) is 9.81. The average molecular weight is 233 g/mol. The number of aromatic nitrogens is 2. The number of rotatable bonds is 3. The minimum absolute atomic E-state index is 0.393. The van der Waals surface area contributed by atoms with Gasteiger partial charge in [-0.2, -0.15) is 5.26 Å². The summed E-state index contributed by atoms with van der Waals surface area (Å²) in [7, 11) is 0. The Kier molecular flexibility index (Phi) is 3.14. The molecule has 0 radical (unpaired) electrons. The molecule has 0 spiro atoms. The lowest BCUT2D eigenvalue weighted by molar-refractivity contribution is -0.141. The zero-order valence-corrected chi connectivity index (χ0v) is 9.81. The van der Waals surface area contributed by atoms with Crippen LogP contribution in [0.1, 0.15) is 37.0 Å². The molecule has 5 nitrogen and oxygen atoms in total. The Hall–Kier alpha value is -1.83. The fraction of sp³-hybridized carbons (Fsp3) is 0.583. The molecule has 1 unspecified atom stereocenters. The third-order valence-electron chi connectivity index (χ3n) is 3.21. The number of fused-ring (bicyclic) bond motifs is 1. The van der Waals surface area contributed by atoms with Crippen molar-refractivity contribution in [1.82, 2.24) is 9.55 Å². The van der Waals surface area contributed by atoms with Crippen LogP contribution in [-0.4, -0.2) is 20.6 Å². The SMILES string of the molecule is CC(Cc1nc(C#N)c2n1CCCC2)C(=O)O. The lowest BCUT2D eigenvalue weighted by Crippen LogP contribution is -2.18. The van der Waals surface area contributed by atoms with E-state index in [1.54, 1.807) is 6.92 Å². The summed E-state index contributed by atoms with van der Waals surface area (Å²) in [4.78, 5) is 15.1. The fourth-order valence-electron chi connectivity index (χ4n) is 2.22. The van der Waals surface area contributed by atoms with Gasteiger partial charge in [0.1, 0.15) is 11.9 Å². The normalized spacial score (nSPS) is 16.0. The van der Waals surface area contributed by atoms with Crippen molar-refractivity contribution >= 4 is 5.97 Å². The highest BCUT2D eigenvalue weighted by Gasteiger charge is 2.22. The number of carboxylic acids is 1. The minimum Gasteiger partial charge on any atom is -0.481 e. The molecule has 0 amide bonds. The van der Waals surface area contributed by atoms with Gasteiger partial charge < -0.3 is 9.67 Å². The number of carboxylic acid groups (broad SMARTS) is 1. The van der Waals surface area contributed by atoms with E-state index in [1.165, 1.54) is 0 Å². The Morgan fingerprint density at radius 1 is 1.65 bits per heavy atom. The van der Waals surface area contributed by atoms with E-state index in [1.807, 2.05) is 4.57 Å². The van der Waals surface area contributed by atoms with Crippen molar-refractivity contribution in [1.29, 1.82) is 5.26 Å². The molecule has 0 fully saturated rings. The Morgan fingerprint density at radius 2 is 2.41 bits per heavy atom. The smallest absolute Gasteiger partial charge is 0.306 e. The summed E-state index contributed by atoms with van der Waals surface area (Å²) in [6, 6.07) is 2.10. The van der Waals surface area contributed by atoms with E-state index >= 15 is 0 Å². The molecule has 17 heavy (non-hydrogen) atoms. The first-order chi connectivity index (χ1) is 8.13. The molecule has 1 atom stereocenters. The molecule has 1 aliphatic heterocycles. The largest absolute Gasteiger partial charge is 0.481 e. The molecule has 0 saturated carbocycles. The molecule has 2 heterocycles. The molecule has 0 bridgehead atoms. The number of imidazole rings is 1. The van der Waals surface area contributed by atoms with Gasteiger partial charge in [0.2, 0.25) is 0 Å². The molecule has 0 aromatic carbocycles. The first-order valence-electron chi connectivity index (χ1n) is 5.84. The summed E-state index contributed by atoms with van der Waals surface area (Å²) in [6.07, 6.45) is 3.42. The second kappa shape index (κ2) is 4.58. The van der Waals surface area contributed by atoms with Crippen LogP contribution in [0.15, 0.2) is 0 Å². The van der Waals surface area contributed by atoms with Gasteiger partial charge in [-0.05, 0) is 19.3 Å². The lowest BCUT2D eigenvalue weighted by Gasteiger charge is -2.17. The van der Waals surface area contributed by atoms with Crippen molar-refractivity contribution in [3.05, 3.63) is 17.2 Å². The third kappa shape index (κ3) is 2.16. The van der Waals surface area contributed by atoms with Gasteiger partial charge in [-0.15, -0.1) is 0 Å². The third-order valence-corrected chi connectivity index (χ3v) is 3.21. The van der Waals surface area contributed by atoms with Gasteiger partial charge in [-0.3, -0.25) is 4.79 Å². The number of nitriles is 1. The minimum atomic E-state index is -0.823. The Bertz CT molecular complexity index is 485. The van der Waals surface area contributed by atoms with Gasteiger partial charge in [0, 0.05) is 13.0 Å². The molecular weight excluding hydrogens is 218 g/mol. The van der Waals surface area contributed by atoms with Crippen LogP contribution in [0.4, 0.5) is 0 Å². The first-order valence-corrected chi connectivity index (χ1v) is 5.84. The zero-order chi connectivity index (χ0) is 12.4. The lowest BCUT2D eigenvalue weighted by atomic mass is 10.1. The maximum absolute atomic E-state index is 10.8. The molecule has 90 valence electrons. The molecule has 1 aromatic rings. The van der Waals surface area contributed by atoms with Gasteiger partial charge in [0.25, 0.3) is 0 Å². The predicted octanol–water partition coefficient (Wildman–Crippen LogP) is 1.35. The van der Waals surface area contributed by atoms with Crippen molar-refractivity contribution < 1.29 is 9.90 Å². The van der Waals surface area contributed by atoms with E-state index < -0.39 is 11.9 Å². The molecule has 2 rings (SSSR count). The standard InChI is InChI=1S/C12H15N3O2/c1-8(12(16)17)6-11-14-9(7-13)10-4-2-3-5-15(10)11/h8H,2-6H2,1H3,(H,16,17). The van der Waals surface area contributed by atoms with Gasteiger partial charge in [0.15, 0.2) is 5.69 Å². The van der Waals surface area contributed by atoms with Gasteiger partial charge in [-0.1, -0.05) is 6.92 Å². The van der Waals surface area contributed by atoms with Crippen molar-refractivity contribution in [2.75, 3.05) is 0 Å². The monoisotopic (exact) mass is 233 g/mol. The van der Waals surface area contributed by atoms with Crippen LogP contribution in [0.3, 0.4) is 0 Å². The van der Waals surface area contributed by atoms with Crippen molar-refractivity contribution in [2.45, 2.75) is 39.2 Å². The molecule has 5 heteroatoms. The summed E-state index contributed by atoms with van der Waals surface area (Å²) in [5.74, 6) is -0.544. The number of hydrogen-bond donors (Lipinski definition) is 1. The topological polar surface area (TPSA) is 78.9 Å². The number of aliphatic carboxylic acids is 1. The Morgan fingerprint density at radius 3 is 3.06 bits per heavy atom. The van der Waals surface area contributed by atoms with Crippen LogP contribution in [-0.2, 0) is 24.2 Å². The highest BCUT2D eigenvalue weighted by Crippen LogP contribution is 2.22. The van der Waals surface area contributed by atoms with Gasteiger partial charge in [-0.25, -0.2) is 4.98 Å². The molecule has 1 aromatic heterocycles. The second-order valence-electron chi connectivity index (χ2n) is 4.49. The summed E-state index contributed by atoms with van der Waals surface area (Å²) in [5, 5.41) is 17.9. The number of hydrogen-bond acceptors (Lipinski definition) is 3. The quantitative estimate of drug-likeness (QED) is 0.854. The van der Waals surface area contributed by atoms with Crippen LogP contribution in [0.5, 0.6) is 0 Å². The maximum atomic E-state index is 10.8. The van der Waals surface area contributed by atoms with Crippen LogP contribution in [0.25, 0.3) is 0 Å². The maximum Gasteiger partial charge on any atom is 0.306 e. The van der Waals surface area contributed by atoms with Crippen molar-refractivity contribution in [2.24, 2.45) is 5.92 Å². The Labute approximate surface area is 99.7 Å². The Balaban J connectivity index is 2.32. The van der Waals surface area contributed by atoms with E-state index in [2.05, 4.69) is 11.1 Å². The van der Waals surface area contributed by atoms with E-state index in [4.69, 9.17) is 10.4 Å². The van der Waals surface area contributed by atoms with Crippen molar-refractivity contribution in [3.8, 4) is 6.07 Å². The van der Waals surface area contributed by atoms with Crippen LogP contribution >= 0.6 is 0 Å². The highest BCUT2D eigenvalue weighted by atomic mass is 16.4. The van der Waals surface area contributed by atoms with E-state index in [0.717, 1.165) is 37.3 Å². The predicted molar refractivity (Wildman–Crippen MR) is 60.4 cm³/mol. The first kappa shape index (κ1) is 11.6. The van der Waals surface area contributed by atoms with Crippen molar-refractivity contribution in [3.63, 3.8) is 0 Å². The molecule has 0 aliphatic carbocycles. The van der Waals surface area contributed by atoms with E-state index in [9.17, 15) is 4.79 Å². The van der Waals surface area contributed by atoms with Gasteiger partial charge >= 0.3 is 5.97 Å². The summed E-state index contributed by atoms with van der Waals surface area (Å²) in [6.45, 7) is 2.52. The highest BCUT2D eigenvalue weighted by molar-refractivity contribution is 5.69. The molecule has 1 N–H and O–H groups in total. The molecular formula is C12H15N3O2. The molecule has 1 aliphatic rings. The second-order valence-corrected chi connectivity index (χ2v) is 4.49. The number of carbonyl (C=O) groups is 1. The van der Waals surface area contributed by atoms with E-state index in [0.29, 0.717) is 12.1 Å². The van der Waals surface area contributed by atoms with E-state index in [-0.39, 0.29) is 0 Å². The summed E-state index contributed by atoms with van der Waals surface area (Å²) < 4.78 is 2.03. The molecule has 0 saturated heterocycles. The van der Waals surface area contributed by atoms with Gasteiger partial charge in [0.05, 0.1) is 11.6 Å². The van der Waals surface area contributed by atoms with Crippen LogP contribution in [0, 0.1) is 17.2 Å². The van der Waals surface area contributed by atoms with Crippen LogP contribution < -0.4 is 0 Å². The fourth-order valence-corrected chi connectivity index (χ4v) is 2.22.